The third kappa shape index (κ3) is 4.37. The summed E-state index contributed by atoms with van der Waals surface area (Å²) in [7, 11) is 0. The topological polar surface area (TPSA) is 103 Å². The van der Waals surface area contributed by atoms with Crippen LogP contribution in [0.3, 0.4) is 0 Å². The van der Waals surface area contributed by atoms with Crippen molar-refractivity contribution >= 4 is 29.2 Å². The molecule has 0 bridgehead atoms. The summed E-state index contributed by atoms with van der Waals surface area (Å²) in [6.45, 7) is 6.32. The fraction of sp³-hybridized carbons (Fsp3) is 0.500. The Bertz CT molecular complexity index is 1060. The number of hydrogen-bond acceptors (Lipinski definition) is 7. The molecule has 0 radical (unpaired) electrons. The van der Waals surface area contributed by atoms with Gasteiger partial charge in [0.2, 0.25) is 11.1 Å². The summed E-state index contributed by atoms with van der Waals surface area (Å²) in [6.07, 6.45) is 4.55. The van der Waals surface area contributed by atoms with Gasteiger partial charge in [0.1, 0.15) is 6.04 Å². The van der Waals surface area contributed by atoms with E-state index in [0.717, 1.165) is 30.7 Å². The van der Waals surface area contributed by atoms with Gasteiger partial charge in [-0.05, 0) is 23.8 Å². The van der Waals surface area contributed by atoms with Crippen LogP contribution < -0.4 is 5.32 Å². The lowest BCUT2D eigenvalue weighted by atomic mass is 9.73. The molecule has 1 aliphatic heterocycles. The monoisotopic (exact) mass is 441 g/mol. The fourth-order valence-corrected chi connectivity index (χ4v) is 5.11. The second kappa shape index (κ2) is 8.45. The van der Waals surface area contributed by atoms with Crippen LogP contribution in [0.2, 0.25) is 0 Å². The van der Waals surface area contributed by atoms with Crippen molar-refractivity contribution in [3.05, 3.63) is 51.2 Å². The van der Waals surface area contributed by atoms with Gasteiger partial charge in [-0.3, -0.25) is 14.9 Å². The van der Waals surface area contributed by atoms with Crippen molar-refractivity contribution in [1.29, 1.82) is 0 Å². The van der Waals surface area contributed by atoms with E-state index in [0.29, 0.717) is 35.1 Å². The van der Waals surface area contributed by atoms with E-state index in [1.54, 1.807) is 22.5 Å². The quantitative estimate of drug-likeness (QED) is 0.275. The van der Waals surface area contributed by atoms with E-state index >= 15 is 0 Å². The van der Waals surface area contributed by atoms with Crippen LogP contribution in [0, 0.1) is 15.5 Å². The summed E-state index contributed by atoms with van der Waals surface area (Å²) >= 11 is 1.60. The number of rotatable bonds is 7. The molecule has 1 aliphatic carbocycles. The number of carbonyl (C=O) groups excluding carboxylic acids is 1. The van der Waals surface area contributed by atoms with Gasteiger partial charge in [-0.15, -0.1) is 5.10 Å². The minimum absolute atomic E-state index is 0.00222. The molecule has 0 spiro atoms. The van der Waals surface area contributed by atoms with Crippen LogP contribution in [-0.4, -0.2) is 31.2 Å². The highest BCUT2D eigenvalue weighted by atomic mass is 32.2. The Balaban J connectivity index is 1.77. The summed E-state index contributed by atoms with van der Waals surface area (Å²) < 4.78 is 1.72. The van der Waals surface area contributed by atoms with Crippen LogP contribution in [0.1, 0.15) is 64.5 Å². The molecule has 0 amide bonds. The predicted octanol–water partition coefficient (Wildman–Crippen LogP) is 5.13. The SMILES string of the molecule is CCCCCSc1nc2n(n1)[C@@H](c1cccc([N+](=O)[O-])c1)C1=C(CC(C)(C)CC1=O)N2. The molecule has 31 heavy (non-hydrogen) atoms. The molecule has 0 fully saturated rings. The number of hydrogen-bond donors (Lipinski definition) is 1. The molecule has 1 N–H and O–H groups in total. The number of unbranched alkanes of at least 4 members (excludes halogenated alkanes) is 2. The molecule has 0 saturated carbocycles. The van der Waals surface area contributed by atoms with Crippen molar-refractivity contribution in [2.75, 3.05) is 11.1 Å². The number of fused-ring (bicyclic) bond motifs is 1. The van der Waals surface area contributed by atoms with Gasteiger partial charge in [0.25, 0.3) is 5.69 Å². The minimum Gasteiger partial charge on any atom is -0.328 e. The number of ketones is 1. The first-order valence-electron chi connectivity index (χ1n) is 10.7. The first-order valence-corrected chi connectivity index (χ1v) is 11.6. The maximum atomic E-state index is 13.2. The lowest BCUT2D eigenvalue weighted by Crippen LogP contribution is -2.36. The highest BCUT2D eigenvalue weighted by Gasteiger charge is 2.42. The first-order chi connectivity index (χ1) is 14.8. The van der Waals surface area contributed by atoms with Crippen molar-refractivity contribution in [2.45, 2.75) is 64.1 Å². The number of allylic oxidation sites excluding steroid dienone is 2. The molecule has 164 valence electrons. The fourth-order valence-electron chi connectivity index (χ4n) is 4.28. The highest BCUT2D eigenvalue weighted by molar-refractivity contribution is 7.99. The van der Waals surface area contributed by atoms with Gasteiger partial charge in [-0.1, -0.05) is 57.5 Å². The summed E-state index contributed by atoms with van der Waals surface area (Å²) in [5.74, 6) is 1.56. The summed E-state index contributed by atoms with van der Waals surface area (Å²) in [5.41, 5.74) is 2.00. The van der Waals surface area contributed by atoms with Crippen molar-refractivity contribution in [3.8, 4) is 0 Å². The Morgan fingerprint density at radius 2 is 2.13 bits per heavy atom. The third-order valence-electron chi connectivity index (χ3n) is 5.69. The van der Waals surface area contributed by atoms with Crippen molar-refractivity contribution in [1.82, 2.24) is 14.8 Å². The molecule has 9 heteroatoms. The van der Waals surface area contributed by atoms with Gasteiger partial charge in [0.15, 0.2) is 5.78 Å². The van der Waals surface area contributed by atoms with Gasteiger partial charge in [0, 0.05) is 35.6 Å². The number of anilines is 1. The maximum absolute atomic E-state index is 13.2. The number of nitro groups is 1. The number of nitrogens with one attached hydrogen (secondary N) is 1. The second-order valence-electron chi connectivity index (χ2n) is 8.93. The van der Waals surface area contributed by atoms with E-state index < -0.39 is 11.0 Å². The summed E-state index contributed by atoms with van der Waals surface area (Å²) in [4.78, 5) is 28.8. The molecule has 8 nitrogen and oxygen atoms in total. The normalized spacial score (nSPS) is 19.6. The number of benzene rings is 1. The molecular formula is C22H27N5O3S. The Hall–Kier alpha value is -2.68. The molecule has 2 heterocycles. The maximum Gasteiger partial charge on any atom is 0.269 e. The van der Waals surface area contributed by atoms with Crippen LogP contribution in [0.25, 0.3) is 0 Å². The van der Waals surface area contributed by atoms with Gasteiger partial charge in [-0.25, -0.2) is 4.68 Å². The Labute approximate surface area is 185 Å². The highest BCUT2D eigenvalue weighted by Crippen LogP contribution is 2.46. The average molecular weight is 442 g/mol. The van der Waals surface area contributed by atoms with E-state index in [9.17, 15) is 14.9 Å². The number of thioether (sulfide) groups is 1. The van der Waals surface area contributed by atoms with Crippen LogP contribution in [0.15, 0.2) is 40.7 Å². The molecule has 1 aromatic carbocycles. The number of nitro benzene ring substituents is 1. The molecule has 0 saturated heterocycles. The molecule has 4 rings (SSSR count). The van der Waals surface area contributed by atoms with Crippen molar-refractivity contribution in [2.24, 2.45) is 5.41 Å². The van der Waals surface area contributed by atoms with Crippen LogP contribution in [0.5, 0.6) is 0 Å². The smallest absolute Gasteiger partial charge is 0.269 e. The Kier molecular flexibility index (Phi) is 5.88. The second-order valence-corrected chi connectivity index (χ2v) is 9.99. The number of aromatic nitrogens is 3. The molecule has 0 unspecified atom stereocenters. The molecule has 2 aliphatic rings. The van der Waals surface area contributed by atoms with Crippen molar-refractivity contribution < 1.29 is 9.72 Å². The number of non-ortho nitro benzene ring substituents is 1. The zero-order chi connectivity index (χ0) is 22.2. The zero-order valence-corrected chi connectivity index (χ0v) is 18.9. The Morgan fingerprint density at radius 1 is 1.32 bits per heavy atom. The zero-order valence-electron chi connectivity index (χ0n) is 18.1. The average Bonchev–Trinajstić information content (AvgIpc) is 3.11. The van der Waals surface area contributed by atoms with Crippen LogP contribution in [0.4, 0.5) is 11.6 Å². The first kappa shape index (κ1) is 21.5. The van der Waals surface area contributed by atoms with Gasteiger partial charge in [0.05, 0.1) is 4.92 Å². The standard InChI is InChI=1S/C22H27N5O3S/c1-4-5-6-10-31-21-24-20-23-16-12-22(2,3)13-17(28)18(16)19(26(20)25-21)14-8-7-9-15(11-14)27(29)30/h7-9,11,19H,4-6,10,12-13H2,1-3H3,(H,23,24,25)/t19-/m0/s1. The van der Waals surface area contributed by atoms with E-state index in [-0.39, 0.29) is 16.9 Å². The molecule has 2 aromatic rings. The van der Waals surface area contributed by atoms with E-state index in [1.165, 1.54) is 12.1 Å². The third-order valence-corrected chi connectivity index (χ3v) is 6.61. The van der Waals surface area contributed by atoms with Crippen LogP contribution >= 0.6 is 11.8 Å². The summed E-state index contributed by atoms with van der Waals surface area (Å²) in [6, 6.07) is 5.95. The Morgan fingerprint density at radius 3 is 2.87 bits per heavy atom. The number of nitrogens with zero attached hydrogens (tertiary/aromatic N) is 4. The minimum atomic E-state index is -0.521. The summed E-state index contributed by atoms with van der Waals surface area (Å²) in [5, 5.41) is 20.1. The van der Waals surface area contributed by atoms with Crippen LogP contribution in [-0.2, 0) is 4.79 Å². The lowest BCUT2D eigenvalue weighted by molar-refractivity contribution is -0.384. The lowest BCUT2D eigenvalue weighted by Gasteiger charge is -2.38. The number of carbonyl (C=O) groups is 1. The van der Waals surface area contributed by atoms with Gasteiger partial charge in [-0.2, -0.15) is 4.98 Å². The molecule has 1 atom stereocenters. The van der Waals surface area contributed by atoms with E-state index in [1.807, 2.05) is 6.07 Å². The van der Waals surface area contributed by atoms with Gasteiger partial charge >= 0.3 is 0 Å². The predicted molar refractivity (Wildman–Crippen MR) is 120 cm³/mol. The van der Waals surface area contributed by atoms with E-state index in [4.69, 9.17) is 5.10 Å². The van der Waals surface area contributed by atoms with E-state index in [2.05, 4.69) is 31.1 Å². The largest absolute Gasteiger partial charge is 0.328 e. The molecule has 1 aromatic heterocycles. The number of Topliss-reactive ketones (excluding diaryl/α,β-unsaturated/α-hetero) is 1. The molecular weight excluding hydrogens is 414 g/mol. The van der Waals surface area contributed by atoms with Crippen molar-refractivity contribution in [3.63, 3.8) is 0 Å². The van der Waals surface area contributed by atoms with Gasteiger partial charge < -0.3 is 5.32 Å².